The molecule has 0 heterocycles. The average molecular weight is 316 g/mol. The molecule has 126 valence electrons. The molecule has 5 unspecified atom stereocenters. The van der Waals surface area contributed by atoms with Crippen LogP contribution in [-0.2, 0) is 6.42 Å². The number of phenols is 1. The van der Waals surface area contributed by atoms with Crippen LogP contribution in [0.5, 0.6) is 5.75 Å². The van der Waals surface area contributed by atoms with Gasteiger partial charge in [-0.15, -0.1) is 0 Å². The average Bonchev–Trinajstić information content (AvgIpc) is 2.86. The number of rotatable bonds is 1. The summed E-state index contributed by atoms with van der Waals surface area (Å²) >= 11 is 0. The molecule has 0 spiro atoms. The Labute approximate surface area is 138 Å². The second kappa shape index (κ2) is 5.22. The molecule has 23 heavy (non-hydrogen) atoms. The summed E-state index contributed by atoms with van der Waals surface area (Å²) in [4.78, 5) is 0. The first kappa shape index (κ1) is 15.5. The first-order valence-corrected chi connectivity index (χ1v) is 9.07. The van der Waals surface area contributed by atoms with Crippen LogP contribution >= 0.6 is 0 Å². The summed E-state index contributed by atoms with van der Waals surface area (Å²) in [7, 11) is 0. The molecule has 0 amide bonds. The fraction of sp³-hybridized carbons (Fsp3) is 0.700. The lowest BCUT2D eigenvalue weighted by atomic mass is 9.53. The van der Waals surface area contributed by atoms with Crippen LogP contribution in [0.1, 0.15) is 55.2 Å². The van der Waals surface area contributed by atoms with Gasteiger partial charge in [0.1, 0.15) is 5.75 Å². The van der Waals surface area contributed by atoms with Crippen molar-refractivity contribution in [3.8, 4) is 5.75 Å². The largest absolute Gasteiger partial charge is 0.508 e. The fourth-order valence-corrected chi connectivity index (χ4v) is 6.37. The molecule has 3 nitrogen and oxygen atoms in total. The van der Waals surface area contributed by atoms with Gasteiger partial charge in [0.2, 0.25) is 0 Å². The number of aromatic hydroxyl groups is 1. The third-order valence-corrected chi connectivity index (χ3v) is 7.48. The van der Waals surface area contributed by atoms with Crippen molar-refractivity contribution in [2.24, 2.45) is 23.2 Å². The van der Waals surface area contributed by atoms with Crippen molar-refractivity contribution in [2.75, 3.05) is 6.61 Å². The third-order valence-electron chi connectivity index (χ3n) is 7.48. The van der Waals surface area contributed by atoms with Crippen LogP contribution in [0.3, 0.4) is 0 Å². The summed E-state index contributed by atoms with van der Waals surface area (Å²) in [5, 5.41) is 31.1. The molecule has 3 aliphatic rings. The first-order valence-electron chi connectivity index (χ1n) is 9.07. The van der Waals surface area contributed by atoms with E-state index in [1.807, 2.05) is 6.07 Å². The summed E-state index contributed by atoms with van der Waals surface area (Å²) < 4.78 is 0. The number of aliphatic hydroxyl groups excluding tert-OH is 2. The minimum Gasteiger partial charge on any atom is -0.508 e. The van der Waals surface area contributed by atoms with Crippen molar-refractivity contribution in [2.45, 2.75) is 58.0 Å². The van der Waals surface area contributed by atoms with E-state index in [-0.39, 0.29) is 24.0 Å². The van der Waals surface area contributed by atoms with E-state index in [2.05, 4.69) is 13.8 Å². The zero-order chi connectivity index (χ0) is 16.4. The maximum Gasteiger partial charge on any atom is 0.119 e. The van der Waals surface area contributed by atoms with Gasteiger partial charge in [0.15, 0.2) is 0 Å². The van der Waals surface area contributed by atoms with Gasteiger partial charge in [0.25, 0.3) is 0 Å². The second-order valence-electron chi connectivity index (χ2n) is 8.36. The number of hydrogen-bond acceptors (Lipinski definition) is 3. The molecule has 1 aromatic rings. The third kappa shape index (κ3) is 2.02. The maximum atomic E-state index is 11.0. The van der Waals surface area contributed by atoms with Gasteiger partial charge in [-0.05, 0) is 85.0 Å². The number of hydrogen-bond donors (Lipinski definition) is 3. The first-order chi connectivity index (χ1) is 11.0. The number of phenolic OH excluding ortho intramolecular Hbond substituents is 1. The van der Waals surface area contributed by atoms with Gasteiger partial charge < -0.3 is 15.3 Å². The van der Waals surface area contributed by atoms with E-state index in [0.717, 1.165) is 31.2 Å². The maximum absolute atomic E-state index is 11.0. The number of aryl methyl sites for hydroxylation is 1. The van der Waals surface area contributed by atoms with Gasteiger partial charge in [-0.25, -0.2) is 0 Å². The Hall–Kier alpha value is -1.06. The highest BCUT2D eigenvalue weighted by molar-refractivity contribution is 5.48. The van der Waals surface area contributed by atoms with Crippen LogP contribution < -0.4 is 0 Å². The SMILES string of the molecule is Cc1ccc(O)c2c1C1C(O)CC3(C)C(CO)CCC3[C@@H]1CC2. The molecule has 0 radical (unpaired) electrons. The standard InChI is InChI=1S/C20H28O3/c1-11-3-8-16(22)14-6-5-13-15-7-4-12(10-21)20(15,2)9-17(23)19(13)18(11)14/h3,8,12-13,15,17,19,21-23H,4-7,9-10H2,1-2H3/t12?,13-,15?,17?,19?,20?/m0/s1. The lowest BCUT2D eigenvalue weighted by Gasteiger charge is -2.53. The predicted molar refractivity (Wildman–Crippen MR) is 89.4 cm³/mol. The molecule has 0 bridgehead atoms. The van der Waals surface area contributed by atoms with E-state index in [0.29, 0.717) is 23.5 Å². The van der Waals surface area contributed by atoms with Gasteiger partial charge in [-0.2, -0.15) is 0 Å². The van der Waals surface area contributed by atoms with Crippen LogP contribution in [0.15, 0.2) is 12.1 Å². The summed E-state index contributed by atoms with van der Waals surface area (Å²) in [5.74, 6) is 1.94. The minimum absolute atomic E-state index is 0.0670. The van der Waals surface area contributed by atoms with Crippen molar-refractivity contribution >= 4 is 0 Å². The molecule has 2 fully saturated rings. The van der Waals surface area contributed by atoms with Gasteiger partial charge >= 0.3 is 0 Å². The molecule has 3 heteroatoms. The Morgan fingerprint density at radius 3 is 2.74 bits per heavy atom. The van der Waals surface area contributed by atoms with Crippen LogP contribution in [0, 0.1) is 30.1 Å². The lowest BCUT2D eigenvalue weighted by Crippen LogP contribution is -2.49. The van der Waals surface area contributed by atoms with Crippen molar-refractivity contribution in [3.05, 3.63) is 28.8 Å². The molecule has 2 saturated carbocycles. The Morgan fingerprint density at radius 2 is 2.00 bits per heavy atom. The van der Waals surface area contributed by atoms with Crippen LogP contribution in [0.2, 0.25) is 0 Å². The van der Waals surface area contributed by atoms with Crippen LogP contribution in [-0.4, -0.2) is 28.0 Å². The highest BCUT2D eigenvalue weighted by atomic mass is 16.3. The Kier molecular flexibility index (Phi) is 3.51. The van der Waals surface area contributed by atoms with Crippen molar-refractivity contribution in [3.63, 3.8) is 0 Å². The van der Waals surface area contributed by atoms with Gasteiger partial charge in [0, 0.05) is 12.5 Å². The van der Waals surface area contributed by atoms with Crippen LogP contribution in [0.4, 0.5) is 0 Å². The van der Waals surface area contributed by atoms with Crippen molar-refractivity contribution in [1.82, 2.24) is 0 Å². The Morgan fingerprint density at radius 1 is 1.22 bits per heavy atom. The predicted octanol–water partition coefficient (Wildman–Crippen LogP) is 3.14. The van der Waals surface area contributed by atoms with E-state index >= 15 is 0 Å². The quantitative estimate of drug-likeness (QED) is 0.746. The molecule has 0 aliphatic heterocycles. The van der Waals surface area contributed by atoms with Gasteiger partial charge in [0.05, 0.1) is 6.10 Å². The highest BCUT2D eigenvalue weighted by Crippen LogP contribution is 2.63. The van der Waals surface area contributed by atoms with Crippen LogP contribution in [0.25, 0.3) is 0 Å². The smallest absolute Gasteiger partial charge is 0.119 e. The summed E-state index contributed by atoms with van der Waals surface area (Å²) in [6.45, 7) is 4.63. The van der Waals surface area contributed by atoms with Crippen molar-refractivity contribution < 1.29 is 15.3 Å². The second-order valence-corrected chi connectivity index (χ2v) is 8.36. The van der Waals surface area contributed by atoms with E-state index in [4.69, 9.17) is 0 Å². The lowest BCUT2D eigenvalue weighted by molar-refractivity contribution is -0.0630. The minimum atomic E-state index is -0.368. The zero-order valence-electron chi connectivity index (χ0n) is 14.1. The molecule has 1 aromatic carbocycles. The summed E-state index contributed by atoms with van der Waals surface area (Å²) in [6, 6.07) is 3.79. The van der Waals surface area contributed by atoms with E-state index in [9.17, 15) is 15.3 Å². The topological polar surface area (TPSA) is 60.7 Å². The number of benzene rings is 1. The molecule has 0 saturated heterocycles. The highest BCUT2D eigenvalue weighted by Gasteiger charge is 2.57. The van der Waals surface area contributed by atoms with Gasteiger partial charge in [-0.1, -0.05) is 13.0 Å². The van der Waals surface area contributed by atoms with E-state index in [1.165, 1.54) is 17.5 Å². The Bertz CT molecular complexity index is 626. The Balaban J connectivity index is 1.79. The fourth-order valence-electron chi connectivity index (χ4n) is 6.37. The molecule has 6 atom stereocenters. The molecular formula is C20H28O3. The molecule has 3 N–H and O–H groups in total. The molecule has 4 rings (SSSR count). The van der Waals surface area contributed by atoms with E-state index in [1.54, 1.807) is 6.07 Å². The molecule has 0 aromatic heterocycles. The molecular weight excluding hydrogens is 288 g/mol. The number of aliphatic hydroxyl groups is 2. The zero-order valence-corrected chi connectivity index (χ0v) is 14.1. The number of fused-ring (bicyclic) bond motifs is 5. The van der Waals surface area contributed by atoms with E-state index < -0.39 is 0 Å². The molecule has 3 aliphatic carbocycles. The summed E-state index contributed by atoms with van der Waals surface area (Å²) in [6.07, 6.45) is 4.62. The van der Waals surface area contributed by atoms with Crippen molar-refractivity contribution in [1.29, 1.82) is 0 Å². The summed E-state index contributed by atoms with van der Waals surface area (Å²) in [5.41, 5.74) is 3.54. The van der Waals surface area contributed by atoms with Gasteiger partial charge in [-0.3, -0.25) is 0 Å². The normalized spacial score (nSPS) is 42.0. The monoisotopic (exact) mass is 316 g/mol.